The Morgan fingerprint density at radius 3 is 3.00 bits per heavy atom. The van der Waals surface area contributed by atoms with Crippen molar-refractivity contribution in [2.24, 2.45) is 5.41 Å². The molecule has 4 heteroatoms. The van der Waals surface area contributed by atoms with Crippen LogP contribution in [0.4, 0.5) is 0 Å². The zero-order valence-electron chi connectivity index (χ0n) is 10.3. The Morgan fingerprint density at radius 2 is 2.39 bits per heavy atom. The van der Waals surface area contributed by atoms with E-state index in [-0.39, 0.29) is 17.9 Å². The number of pyridine rings is 1. The molecule has 1 saturated carbocycles. The highest BCUT2D eigenvalue weighted by Crippen LogP contribution is 2.47. The van der Waals surface area contributed by atoms with E-state index in [9.17, 15) is 4.79 Å². The van der Waals surface area contributed by atoms with Crippen molar-refractivity contribution in [3.8, 4) is 0 Å². The highest BCUT2D eigenvalue weighted by atomic mass is 16.3. The number of carbonyl (C=O) groups excluding carboxylic acids is 1. The monoisotopic (exact) mass is 246 g/mol. The van der Waals surface area contributed by atoms with Gasteiger partial charge in [0.2, 0.25) is 5.91 Å². The lowest BCUT2D eigenvalue weighted by Gasteiger charge is -2.13. The van der Waals surface area contributed by atoms with Crippen molar-refractivity contribution in [1.29, 1.82) is 0 Å². The topological polar surface area (TPSA) is 62.2 Å². The second kappa shape index (κ2) is 5.78. The second-order valence-corrected chi connectivity index (χ2v) is 4.81. The molecular formula is C14H18N2O2. The molecule has 0 unspecified atom stereocenters. The van der Waals surface area contributed by atoms with Crippen LogP contribution >= 0.6 is 0 Å². The van der Waals surface area contributed by atoms with E-state index in [0.717, 1.165) is 24.8 Å². The van der Waals surface area contributed by atoms with Crippen LogP contribution in [0.1, 0.15) is 24.8 Å². The Hall–Kier alpha value is -1.68. The Kier molecular flexibility index (Phi) is 4.10. The molecule has 0 saturated heterocycles. The van der Waals surface area contributed by atoms with Gasteiger partial charge in [0.15, 0.2) is 0 Å². The van der Waals surface area contributed by atoms with Gasteiger partial charge in [0, 0.05) is 31.6 Å². The first-order chi connectivity index (χ1) is 8.74. The lowest BCUT2D eigenvalue weighted by atomic mass is 10.0. The Balaban J connectivity index is 1.77. The summed E-state index contributed by atoms with van der Waals surface area (Å²) in [6, 6.07) is 3.73. The summed E-state index contributed by atoms with van der Waals surface area (Å²) in [5.74, 6) is -0.0944. The first-order valence-corrected chi connectivity index (χ1v) is 6.21. The van der Waals surface area contributed by atoms with Crippen LogP contribution < -0.4 is 5.32 Å². The molecule has 1 amide bonds. The van der Waals surface area contributed by atoms with Crippen molar-refractivity contribution in [3.63, 3.8) is 0 Å². The molecular weight excluding hydrogens is 228 g/mol. The first kappa shape index (κ1) is 12.8. The SMILES string of the molecule is O=C(/C=C/c1cccnc1)NCC1(CCO)CC1. The third kappa shape index (κ3) is 3.67. The molecule has 1 heterocycles. The number of hydrogen-bond donors (Lipinski definition) is 2. The molecule has 18 heavy (non-hydrogen) atoms. The number of aliphatic hydroxyl groups excluding tert-OH is 1. The molecule has 1 aromatic rings. The second-order valence-electron chi connectivity index (χ2n) is 4.81. The van der Waals surface area contributed by atoms with Crippen LogP contribution in [0.15, 0.2) is 30.6 Å². The zero-order chi connectivity index (χ0) is 12.8. The number of aliphatic hydroxyl groups is 1. The van der Waals surface area contributed by atoms with E-state index in [0.29, 0.717) is 6.54 Å². The third-order valence-corrected chi connectivity index (χ3v) is 3.35. The van der Waals surface area contributed by atoms with Crippen molar-refractivity contribution >= 4 is 12.0 Å². The molecule has 4 nitrogen and oxygen atoms in total. The fourth-order valence-electron chi connectivity index (χ4n) is 1.91. The number of hydrogen-bond acceptors (Lipinski definition) is 3. The highest BCUT2D eigenvalue weighted by Gasteiger charge is 2.41. The first-order valence-electron chi connectivity index (χ1n) is 6.21. The number of aromatic nitrogens is 1. The molecule has 1 aromatic heterocycles. The minimum absolute atomic E-state index is 0.0944. The van der Waals surface area contributed by atoms with Crippen LogP contribution in [0.5, 0.6) is 0 Å². The lowest BCUT2D eigenvalue weighted by molar-refractivity contribution is -0.116. The fourth-order valence-corrected chi connectivity index (χ4v) is 1.91. The molecule has 0 radical (unpaired) electrons. The van der Waals surface area contributed by atoms with Gasteiger partial charge in [-0.1, -0.05) is 6.07 Å². The Morgan fingerprint density at radius 1 is 1.56 bits per heavy atom. The maximum absolute atomic E-state index is 11.6. The zero-order valence-corrected chi connectivity index (χ0v) is 10.3. The van der Waals surface area contributed by atoms with Gasteiger partial charge in [-0.15, -0.1) is 0 Å². The standard InChI is InChI=1S/C14H18N2O2/c17-9-7-14(5-6-14)11-16-13(18)4-3-12-2-1-8-15-10-12/h1-4,8,10,17H,5-7,9,11H2,(H,16,18)/b4-3+. The summed E-state index contributed by atoms with van der Waals surface area (Å²) in [6.07, 6.45) is 9.64. The number of rotatable bonds is 6. The van der Waals surface area contributed by atoms with Gasteiger partial charge in [-0.05, 0) is 42.4 Å². The van der Waals surface area contributed by atoms with Crippen molar-refractivity contribution in [1.82, 2.24) is 10.3 Å². The van der Waals surface area contributed by atoms with Crippen LogP contribution in [0.3, 0.4) is 0 Å². The van der Waals surface area contributed by atoms with Gasteiger partial charge in [-0.2, -0.15) is 0 Å². The van der Waals surface area contributed by atoms with Crippen molar-refractivity contribution < 1.29 is 9.90 Å². The predicted molar refractivity (Wildman–Crippen MR) is 69.7 cm³/mol. The number of nitrogens with zero attached hydrogens (tertiary/aromatic N) is 1. The van der Waals surface area contributed by atoms with E-state index in [1.54, 1.807) is 18.5 Å². The van der Waals surface area contributed by atoms with Gasteiger partial charge < -0.3 is 10.4 Å². The Bertz CT molecular complexity index is 425. The van der Waals surface area contributed by atoms with E-state index in [2.05, 4.69) is 10.3 Å². The van der Waals surface area contributed by atoms with Crippen molar-refractivity contribution in [2.45, 2.75) is 19.3 Å². The van der Waals surface area contributed by atoms with Crippen LogP contribution in [-0.4, -0.2) is 29.1 Å². The van der Waals surface area contributed by atoms with Gasteiger partial charge in [0.1, 0.15) is 0 Å². The highest BCUT2D eigenvalue weighted by molar-refractivity contribution is 5.91. The molecule has 2 N–H and O–H groups in total. The summed E-state index contributed by atoms with van der Waals surface area (Å²) in [7, 11) is 0. The fraction of sp³-hybridized carbons (Fsp3) is 0.429. The third-order valence-electron chi connectivity index (χ3n) is 3.35. The number of amides is 1. The predicted octanol–water partition coefficient (Wildman–Crippen LogP) is 1.37. The van der Waals surface area contributed by atoms with E-state index in [1.165, 1.54) is 6.08 Å². The maximum Gasteiger partial charge on any atom is 0.244 e. The summed E-state index contributed by atoms with van der Waals surface area (Å²) in [4.78, 5) is 15.6. The summed E-state index contributed by atoms with van der Waals surface area (Å²) in [5.41, 5.74) is 1.07. The number of nitrogens with one attached hydrogen (secondary N) is 1. The molecule has 2 rings (SSSR count). The van der Waals surface area contributed by atoms with Crippen LogP contribution in [0.25, 0.3) is 6.08 Å². The smallest absolute Gasteiger partial charge is 0.244 e. The molecule has 0 aliphatic heterocycles. The minimum Gasteiger partial charge on any atom is -0.396 e. The van der Waals surface area contributed by atoms with Gasteiger partial charge in [0.05, 0.1) is 0 Å². The van der Waals surface area contributed by atoms with E-state index >= 15 is 0 Å². The summed E-state index contributed by atoms with van der Waals surface area (Å²) < 4.78 is 0. The molecule has 1 aliphatic carbocycles. The molecule has 0 bridgehead atoms. The molecule has 96 valence electrons. The normalized spacial score (nSPS) is 16.7. The average Bonchev–Trinajstić information content (AvgIpc) is 3.16. The Labute approximate surface area is 107 Å². The van der Waals surface area contributed by atoms with E-state index < -0.39 is 0 Å². The summed E-state index contributed by atoms with van der Waals surface area (Å²) >= 11 is 0. The maximum atomic E-state index is 11.6. The molecule has 1 aliphatic rings. The average molecular weight is 246 g/mol. The van der Waals surface area contributed by atoms with Gasteiger partial charge >= 0.3 is 0 Å². The van der Waals surface area contributed by atoms with Gasteiger partial charge in [-0.25, -0.2) is 0 Å². The lowest BCUT2D eigenvalue weighted by Crippen LogP contribution is -2.29. The molecule has 0 atom stereocenters. The van der Waals surface area contributed by atoms with Crippen molar-refractivity contribution in [2.75, 3.05) is 13.2 Å². The molecule has 1 fully saturated rings. The molecule has 0 spiro atoms. The minimum atomic E-state index is -0.0944. The van der Waals surface area contributed by atoms with Gasteiger partial charge in [0.25, 0.3) is 0 Å². The van der Waals surface area contributed by atoms with E-state index in [4.69, 9.17) is 5.11 Å². The largest absolute Gasteiger partial charge is 0.396 e. The van der Waals surface area contributed by atoms with Crippen LogP contribution in [0.2, 0.25) is 0 Å². The summed E-state index contributed by atoms with van der Waals surface area (Å²) in [6.45, 7) is 0.852. The van der Waals surface area contributed by atoms with Gasteiger partial charge in [-0.3, -0.25) is 9.78 Å². The summed E-state index contributed by atoms with van der Waals surface area (Å²) in [5, 5.41) is 11.8. The van der Waals surface area contributed by atoms with E-state index in [1.807, 2.05) is 12.1 Å². The van der Waals surface area contributed by atoms with Crippen LogP contribution in [-0.2, 0) is 4.79 Å². The quantitative estimate of drug-likeness (QED) is 0.745. The van der Waals surface area contributed by atoms with Crippen molar-refractivity contribution in [3.05, 3.63) is 36.2 Å². The molecule has 0 aromatic carbocycles. The van der Waals surface area contributed by atoms with Crippen LogP contribution in [0, 0.1) is 5.41 Å². The number of carbonyl (C=O) groups is 1.